The Bertz CT molecular complexity index is 87.0. The maximum atomic E-state index is 4.83. The molecule has 0 aliphatic heterocycles. The van der Waals surface area contributed by atoms with Crippen LogP contribution in [0.15, 0.2) is 0 Å². The van der Waals surface area contributed by atoms with Gasteiger partial charge in [0.25, 0.3) is 0 Å². The van der Waals surface area contributed by atoms with Crippen LogP contribution in [-0.2, 0) is 4.74 Å². The molecule has 4 heteroatoms. The molecule has 0 aliphatic carbocycles. The molecule has 0 radical (unpaired) electrons. The number of thiocarbonyl (C=S) groups is 1. The molecule has 2 nitrogen and oxygen atoms in total. The van der Waals surface area contributed by atoms with E-state index in [1.54, 1.807) is 0 Å². The molecular formula is C5H11NOS2. The molecule has 0 aliphatic rings. The predicted molar refractivity (Wildman–Crippen MR) is 45.8 cm³/mol. The monoisotopic (exact) mass is 165 g/mol. The van der Waals surface area contributed by atoms with Gasteiger partial charge in [0, 0.05) is 0 Å². The fraction of sp³-hybridized carbons (Fsp3) is 0.800. The van der Waals surface area contributed by atoms with E-state index in [4.69, 9.17) is 4.74 Å². The minimum atomic E-state index is 0.290. The molecule has 0 aromatic heterocycles. The van der Waals surface area contributed by atoms with E-state index in [1.165, 1.54) is 0 Å². The first-order valence-electron chi connectivity index (χ1n) is 2.83. The highest BCUT2D eigenvalue weighted by molar-refractivity contribution is 8.10. The second-order valence-corrected chi connectivity index (χ2v) is 2.63. The van der Waals surface area contributed by atoms with Crippen molar-refractivity contribution >= 4 is 29.2 Å². The normalized spacial score (nSPS) is 9.11. The largest absolute Gasteiger partial charge is 0.463 e. The highest BCUT2D eigenvalue weighted by Gasteiger charge is 1.85. The van der Waals surface area contributed by atoms with Gasteiger partial charge in [-0.1, -0.05) is 19.6 Å². The van der Waals surface area contributed by atoms with E-state index in [0.717, 1.165) is 13.0 Å². The molecule has 0 unspecified atom stereocenters. The van der Waals surface area contributed by atoms with Crippen molar-refractivity contribution in [2.75, 3.05) is 13.3 Å². The Kier molecular flexibility index (Phi) is 6.46. The maximum absolute atomic E-state index is 4.83. The smallest absolute Gasteiger partial charge is 0.218 e. The Hall–Kier alpha value is 0.200. The van der Waals surface area contributed by atoms with Crippen LogP contribution in [0.3, 0.4) is 0 Å². The fourth-order valence-corrected chi connectivity index (χ4v) is 0.485. The lowest BCUT2D eigenvalue weighted by Gasteiger charge is -2.02. The zero-order valence-corrected chi connectivity index (χ0v) is 7.10. The van der Waals surface area contributed by atoms with Gasteiger partial charge in [-0.15, -0.1) is 0 Å². The molecular weight excluding hydrogens is 154 g/mol. The third kappa shape index (κ3) is 8.20. The lowest BCUT2D eigenvalue weighted by molar-refractivity contribution is 0.287. The van der Waals surface area contributed by atoms with Crippen LogP contribution in [0.5, 0.6) is 0 Å². The second kappa shape index (κ2) is 6.32. The number of hydrogen-bond donors (Lipinski definition) is 2. The topological polar surface area (TPSA) is 21.3 Å². The summed E-state index contributed by atoms with van der Waals surface area (Å²) in [5, 5.41) is 3.01. The number of ether oxygens (including phenoxy) is 1. The molecule has 0 bridgehead atoms. The number of nitrogens with one attached hydrogen (secondary N) is 1. The third-order valence-electron chi connectivity index (χ3n) is 0.724. The Morgan fingerprint density at radius 2 is 2.44 bits per heavy atom. The van der Waals surface area contributed by atoms with Crippen molar-refractivity contribution in [1.82, 2.24) is 5.32 Å². The molecule has 0 aromatic carbocycles. The SMILES string of the molecule is CCCNCOC(=S)S. The van der Waals surface area contributed by atoms with Gasteiger partial charge < -0.3 is 4.74 Å². The van der Waals surface area contributed by atoms with E-state index >= 15 is 0 Å². The van der Waals surface area contributed by atoms with Gasteiger partial charge in [-0.25, -0.2) is 0 Å². The van der Waals surface area contributed by atoms with E-state index < -0.39 is 0 Å². The predicted octanol–water partition coefficient (Wildman–Crippen LogP) is 1.17. The van der Waals surface area contributed by atoms with Gasteiger partial charge in [0.15, 0.2) is 0 Å². The molecule has 0 aromatic rings. The average Bonchev–Trinajstić information content (AvgIpc) is 1.80. The van der Waals surface area contributed by atoms with Crippen molar-refractivity contribution in [3.63, 3.8) is 0 Å². The van der Waals surface area contributed by atoms with Gasteiger partial charge in [-0.2, -0.15) is 0 Å². The Balaban J connectivity index is 2.83. The van der Waals surface area contributed by atoms with Crippen LogP contribution < -0.4 is 5.32 Å². The number of rotatable bonds is 4. The van der Waals surface area contributed by atoms with Crippen LogP contribution in [-0.4, -0.2) is 17.7 Å². The first-order chi connectivity index (χ1) is 4.27. The van der Waals surface area contributed by atoms with Crippen molar-refractivity contribution in [2.24, 2.45) is 0 Å². The van der Waals surface area contributed by atoms with Gasteiger partial charge in [0.05, 0.1) is 0 Å². The third-order valence-corrected chi connectivity index (χ3v) is 0.971. The fourth-order valence-electron chi connectivity index (χ4n) is 0.362. The Labute approximate surface area is 66.4 Å². The first-order valence-corrected chi connectivity index (χ1v) is 3.69. The van der Waals surface area contributed by atoms with Crippen molar-refractivity contribution in [3.05, 3.63) is 0 Å². The average molecular weight is 165 g/mol. The van der Waals surface area contributed by atoms with Crippen LogP contribution in [0.2, 0.25) is 0 Å². The van der Waals surface area contributed by atoms with Crippen LogP contribution >= 0.6 is 24.8 Å². The summed E-state index contributed by atoms with van der Waals surface area (Å²) >= 11 is 8.32. The summed E-state index contributed by atoms with van der Waals surface area (Å²) in [4.78, 5) is 0. The highest BCUT2D eigenvalue weighted by atomic mass is 32.1. The summed E-state index contributed by atoms with van der Waals surface area (Å²) in [6.45, 7) is 3.51. The van der Waals surface area contributed by atoms with Gasteiger partial charge in [0.2, 0.25) is 4.38 Å². The van der Waals surface area contributed by atoms with Gasteiger partial charge >= 0.3 is 0 Å². The molecule has 0 spiro atoms. The minimum absolute atomic E-state index is 0.290. The lowest BCUT2D eigenvalue weighted by Crippen LogP contribution is -2.19. The quantitative estimate of drug-likeness (QED) is 0.283. The van der Waals surface area contributed by atoms with E-state index in [9.17, 15) is 0 Å². The molecule has 0 rings (SSSR count). The molecule has 1 N–H and O–H groups in total. The van der Waals surface area contributed by atoms with Gasteiger partial charge in [-0.05, 0) is 25.2 Å². The van der Waals surface area contributed by atoms with Gasteiger partial charge in [0.1, 0.15) is 6.73 Å². The molecule has 54 valence electrons. The van der Waals surface area contributed by atoms with E-state index in [2.05, 4.69) is 37.1 Å². The van der Waals surface area contributed by atoms with Crippen molar-refractivity contribution in [2.45, 2.75) is 13.3 Å². The Morgan fingerprint density at radius 1 is 1.78 bits per heavy atom. The van der Waals surface area contributed by atoms with Crippen molar-refractivity contribution in [1.29, 1.82) is 0 Å². The second-order valence-electron chi connectivity index (χ2n) is 1.55. The molecule has 0 atom stereocenters. The molecule has 0 saturated heterocycles. The summed E-state index contributed by atoms with van der Waals surface area (Å²) in [6.07, 6.45) is 1.10. The summed E-state index contributed by atoms with van der Waals surface area (Å²) in [7, 11) is 0. The first kappa shape index (κ1) is 9.20. The highest BCUT2D eigenvalue weighted by Crippen LogP contribution is 1.83. The van der Waals surface area contributed by atoms with Crippen LogP contribution in [0.1, 0.15) is 13.3 Å². The van der Waals surface area contributed by atoms with Crippen molar-refractivity contribution < 1.29 is 4.74 Å². The molecule has 0 saturated carbocycles. The summed E-state index contributed by atoms with van der Waals surface area (Å²) in [5.41, 5.74) is 0. The molecule has 0 amide bonds. The number of hydrogen-bond acceptors (Lipinski definition) is 3. The maximum Gasteiger partial charge on any atom is 0.218 e. The zero-order valence-electron chi connectivity index (χ0n) is 5.39. The van der Waals surface area contributed by atoms with E-state index in [-0.39, 0.29) is 0 Å². The molecule has 0 heterocycles. The van der Waals surface area contributed by atoms with Crippen LogP contribution in [0, 0.1) is 0 Å². The van der Waals surface area contributed by atoms with Crippen LogP contribution in [0.4, 0.5) is 0 Å². The lowest BCUT2D eigenvalue weighted by atomic mass is 10.5. The summed E-state index contributed by atoms with van der Waals surface area (Å²) in [5.74, 6) is 0. The Morgan fingerprint density at radius 3 is 2.89 bits per heavy atom. The molecule has 9 heavy (non-hydrogen) atoms. The van der Waals surface area contributed by atoms with E-state index in [1.807, 2.05) is 0 Å². The summed E-state index contributed by atoms with van der Waals surface area (Å²) < 4.78 is 5.12. The minimum Gasteiger partial charge on any atom is -0.463 e. The standard InChI is InChI=1S/C5H11NOS2/c1-2-3-6-4-7-5(8)9/h6H,2-4H2,1H3,(H,8,9). The van der Waals surface area contributed by atoms with Crippen molar-refractivity contribution in [3.8, 4) is 0 Å². The van der Waals surface area contributed by atoms with Crippen LogP contribution in [0.25, 0.3) is 0 Å². The zero-order chi connectivity index (χ0) is 7.11. The number of thiol groups is 1. The molecule has 0 fully saturated rings. The summed E-state index contributed by atoms with van der Waals surface area (Å²) in [6, 6.07) is 0. The van der Waals surface area contributed by atoms with E-state index in [0.29, 0.717) is 11.1 Å². The van der Waals surface area contributed by atoms with Gasteiger partial charge in [-0.3, -0.25) is 5.32 Å².